The molecule has 2 N–H and O–H groups in total. The van der Waals surface area contributed by atoms with Gasteiger partial charge >= 0.3 is 0 Å². The zero-order valence-corrected chi connectivity index (χ0v) is 14.0. The van der Waals surface area contributed by atoms with Crippen molar-refractivity contribution in [1.82, 2.24) is 4.98 Å². The Balaban J connectivity index is 1.73. The van der Waals surface area contributed by atoms with E-state index in [9.17, 15) is 15.2 Å². The van der Waals surface area contributed by atoms with Crippen molar-refractivity contribution in [3.8, 4) is 5.75 Å². The van der Waals surface area contributed by atoms with Gasteiger partial charge in [-0.2, -0.15) is 5.10 Å². The number of nitrogens with zero attached hydrogens (tertiary/aromatic N) is 3. The molecule has 0 atom stereocenters. The number of non-ortho nitro benzene ring substituents is 1. The monoisotopic (exact) mass is 358 g/mol. The third-order valence-electron chi connectivity index (χ3n) is 4.24. The Morgan fingerprint density at radius 3 is 2.67 bits per heavy atom. The lowest BCUT2D eigenvalue weighted by molar-refractivity contribution is -0.383. The highest BCUT2D eigenvalue weighted by Gasteiger charge is 2.17. The molecule has 1 heterocycles. The second kappa shape index (κ2) is 6.72. The molecule has 0 aliphatic rings. The van der Waals surface area contributed by atoms with Gasteiger partial charge in [0.1, 0.15) is 5.75 Å². The Morgan fingerprint density at radius 2 is 1.85 bits per heavy atom. The summed E-state index contributed by atoms with van der Waals surface area (Å²) in [5, 5.41) is 27.7. The van der Waals surface area contributed by atoms with Gasteiger partial charge in [0, 0.05) is 28.6 Å². The predicted molar refractivity (Wildman–Crippen MR) is 105 cm³/mol. The third-order valence-corrected chi connectivity index (χ3v) is 4.24. The van der Waals surface area contributed by atoms with Gasteiger partial charge in [0.25, 0.3) is 5.69 Å². The van der Waals surface area contributed by atoms with Gasteiger partial charge in [-0.05, 0) is 18.2 Å². The number of rotatable bonds is 4. The summed E-state index contributed by atoms with van der Waals surface area (Å²) in [6.45, 7) is 0. The van der Waals surface area contributed by atoms with E-state index in [0.29, 0.717) is 16.5 Å². The number of pyridine rings is 1. The minimum atomic E-state index is -0.471. The fraction of sp³-hybridized carbons (Fsp3) is 0. The van der Waals surface area contributed by atoms with Gasteiger partial charge in [-0.1, -0.05) is 36.4 Å². The molecule has 0 unspecified atom stereocenters. The normalized spacial score (nSPS) is 11.3. The Labute approximate surface area is 153 Å². The number of hydrogen-bond acceptors (Lipinski definition) is 6. The van der Waals surface area contributed by atoms with E-state index in [4.69, 9.17) is 0 Å². The lowest BCUT2D eigenvalue weighted by Crippen LogP contribution is -1.96. The molecule has 7 nitrogen and oxygen atoms in total. The molecule has 0 bridgehead atoms. The quantitative estimate of drug-likeness (QED) is 0.319. The standard InChI is InChI=1S/C20H14N4O3/c25-20-14(11-18(24(26)27)15-7-1-2-8-16(15)20)12-22-23-17-9-3-5-13-6-4-10-21-19(13)17/h1-12,23,25H. The van der Waals surface area contributed by atoms with Crippen LogP contribution in [0.15, 0.2) is 72.0 Å². The number of benzene rings is 3. The van der Waals surface area contributed by atoms with Crippen molar-refractivity contribution < 1.29 is 10.0 Å². The smallest absolute Gasteiger partial charge is 0.278 e. The first-order valence-corrected chi connectivity index (χ1v) is 8.17. The molecule has 1 aromatic heterocycles. The van der Waals surface area contributed by atoms with Crippen LogP contribution in [0.5, 0.6) is 5.75 Å². The summed E-state index contributed by atoms with van der Waals surface area (Å²) >= 11 is 0. The van der Waals surface area contributed by atoms with E-state index in [-0.39, 0.29) is 17.0 Å². The summed E-state index contributed by atoms with van der Waals surface area (Å²) in [6, 6.07) is 17.4. The Bertz CT molecular complexity index is 1200. The first kappa shape index (κ1) is 16.5. The maximum Gasteiger partial charge on any atom is 0.278 e. The van der Waals surface area contributed by atoms with Gasteiger partial charge in [-0.25, -0.2) is 0 Å². The van der Waals surface area contributed by atoms with Crippen LogP contribution >= 0.6 is 0 Å². The van der Waals surface area contributed by atoms with Crippen molar-refractivity contribution in [2.75, 3.05) is 5.43 Å². The molecule has 0 aliphatic carbocycles. The molecular weight excluding hydrogens is 344 g/mol. The van der Waals surface area contributed by atoms with E-state index in [1.165, 1.54) is 12.3 Å². The van der Waals surface area contributed by atoms with E-state index in [0.717, 1.165) is 10.9 Å². The average Bonchev–Trinajstić information content (AvgIpc) is 2.69. The molecule has 0 aliphatic heterocycles. The van der Waals surface area contributed by atoms with Crippen LogP contribution in [-0.4, -0.2) is 21.2 Å². The molecule has 0 spiro atoms. The van der Waals surface area contributed by atoms with Crippen molar-refractivity contribution in [3.05, 3.63) is 82.5 Å². The minimum absolute atomic E-state index is 0.0576. The van der Waals surface area contributed by atoms with Gasteiger partial charge in [0.15, 0.2) is 0 Å². The van der Waals surface area contributed by atoms with Crippen molar-refractivity contribution in [2.45, 2.75) is 0 Å². The van der Waals surface area contributed by atoms with E-state index < -0.39 is 4.92 Å². The lowest BCUT2D eigenvalue weighted by Gasteiger charge is -2.07. The van der Waals surface area contributed by atoms with E-state index in [1.807, 2.05) is 30.3 Å². The largest absolute Gasteiger partial charge is 0.507 e. The number of hydrogen-bond donors (Lipinski definition) is 2. The summed E-state index contributed by atoms with van der Waals surface area (Å²) in [4.78, 5) is 15.2. The molecule has 0 saturated carbocycles. The summed E-state index contributed by atoms with van der Waals surface area (Å²) in [6.07, 6.45) is 3.05. The van der Waals surface area contributed by atoms with E-state index in [1.54, 1.807) is 30.5 Å². The molecule has 132 valence electrons. The molecular formula is C20H14N4O3. The molecule has 7 heteroatoms. The van der Waals surface area contributed by atoms with Crippen LogP contribution in [0, 0.1) is 10.1 Å². The second-order valence-corrected chi connectivity index (χ2v) is 5.89. The Kier molecular flexibility index (Phi) is 4.10. The molecule has 3 aromatic carbocycles. The van der Waals surface area contributed by atoms with Crippen LogP contribution in [0.4, 0.5) is 11.4 Å². The van der Waals surface area contributed by atoms with Crippen LogP contribution in [0.1, 0.15) is 5.56 Å². The first-order chi connectivity index (χ1) is 13.1. The van der Waals surface area contributed by atoms with Crippen LogP contribution < -0.4 is 5.43 Å². The van der Waals surface area contributed by atoms with E-state index in [2.05, 4.69) is 15.5 Å². The Hall–Kier alpha value is -4.00. The number of aromatic nitrogens is 1. The van der Waals surface area contributed by atoms with Gasteiger partial charge in [0.2, 0.25) is 0 Å². The zero-order chi connectivity index (χ0) is 18.8. The number of nitrogens with one attached hydrogen (secondary N) is 1. The Morgan fingerprint density at radius 1 is 1.07 bits per heavy atom. The summed E-state index contributed by atoms with van der Waals surface area (Å²) in [5.41, 5.74) is 4.50. The summed E-state index contributed by atoms with van der Waals surface area (Å²) < 4.78 is 0. The van der Waals surface area contributed by atoms with Crippen LogP contribution in [0.25, 0.3) is 21.7 Å². The number of hydrazone groups is 1. The fourth-order valence-electron chi connectivity index (χ4n) is 2.98. The average molecular weight is 358 g/mol. The van der Waals surface area contributed by atoms with Crippen LogP contribution in [-0.2, 0) is 0 Å². The lowest BCUT2D eigenvalue weighted by atomic mass is 10.0. The first-order valence-electron chi connectivity index (χ1n) is 8.17. The highest BCUT2D eigenvalue weighted by molar-refractivity contribution is 6.02. The molecule has 0 fully saturated rings. The molecule has 0 amide bonds. The number of anilines is 1. The number of nitro benzene ring substituents is 1. The van der Waals surface area contributed by atoms with Gasteiger partial charge in [0.05, 0.1) is 27.7 Å². The van der Waals surface area contributed by atoms with Crippen LogP contribution in [0.3, 0.4) is 0 Å². The predicted octanol–water partition coefficient (Wildman–Crippen LogP) is 4.45. The fourth-order valence-corrected chi connectivity index (χ4v) is 2.98. The molecule has 0 radical (unpaired) electrons. The highest BCUT2D eigenvalue weighted by atomic mass is 16.6. The minimum Gasteiger partial charge on any atom is -0.507 e. The molecule has 4 aromatic rings. The highest BCUT2D eigenvalue weighted by Crippen LogP contribution is 2.34. The van der Waals surface area contributed by atoms with Crippen molar-refractivity contribution >= 4 is 39.3 Å². The molecule has 4 rings (SSSR count). The van der Waals surface area contributed by atoms with E-state index >= 15 is 0 Å². The summed E-state index contributed by atoms with van der Waals surface area (Å²) in [5.74, 6) is -0.0576. The molecule has 0 saturated heterocycles. The van der Waals surface area contributed by atoms with Crippen molar-refractivity contribution in [2.24, 2.45) is 5.10 Å². The summed E-state index contributed by atoms with van der Waals surface area (Å²) in [7, 11) is 0. The SMILES string of the molecule is O=[N+]([O-])c1cc(C=NNc2cccc3cccnc23)c(O)c2ccccc12. The van der Waals surface area contributed by atoms with Gasteiger partial charge in [-0.3, -0.25) is 20.5 Å². The maximum absolute atomic E-state index is 11.4. The van der Waals surface area contributed by atoms with Gasteiger partial charge < -0.3 is 5.11 Å². The maximum atomic E-state index is 11.4. The number of nitro groups is 1. The topological polar surface area (TPSA) is 101 Å². The number of aromatic hydroxyl groups is 1. The van der Waals surface area contributed by atoms with Crippen molar-refractivity contribution in [3.63, 3.8) is 0 Å². The van der Waals surface area contributed by atoms with Crippen LogP contribution in [0.2, 0.25) is 0 Å². The number of phenols is 1. The van der Waals surface area contributed by atoms with Crippen molar-refractivity contribution in [1.29, 1.82) is 0 Å². The number of fused-ring (bicyclic) bond motifs is 2. The number of phenolic OH excluding ortho intramolecular Hbond substituents is 1. The number of para-hydroxylation sites is 1. The second-order valence-electron chi connectivity index (χ2n) is 5.89. The molecule has 27 heavy (non-hydrogen) atoms. The zero-order valence-electron chi connectivity index (χ0n) is 14.0. The third kappa shape index (κ3) is 3.02. The van der Waals surface area contributed by atoms with Gasteiger partial charge in [-0.15, -0.1) is 0 Å².